The van der Waals surface area contributed by atoms with E-state index in [1.165, 1.54) is 0 Å². The SMILES string of the molecule is Cc1oc2c(c1C)C(=O)CC(O)C2. The van der Waals surface area contributed by atoms with Crippen LogP contribution in [0.3, 0.4) is 0 Å². The van der Waals surface area contributed by atoms with Crippen molar-refractivity contribution in [2.24, 2.45) is 0 Å². The van der Waals surface area contributed by atoms with Crippen LogP contribution in [-0.2, 0) is 6.42 Å². The summed E-state index contributed by atoms with van der Waals surface area (Å²) in [6, 6.07) is 0. The van der Waals surface area contributed by atoms with Crippen molar-refractivity contribution in [3.8, 4) is 0 Å². The van der Waals surface area contributed by atoms with Gasteiger partial charge in [-0.2, -0.15) is 0 Å². The molecule has 13 heavy (non-hydrogen) atoms. The van der Waals surface area contributed by atoms with Crippen LogP contribution < -0.4 is 0 Å². The van der Waals surface area contributed by atoms with Crippen LogP contribution in [0.2, 0.25) is 0 Å². The Hall–Kier alpha value is -1.09. The minimum atomic E-state index is -0.565. The second-order valence-corrected chi connectivity index (χ2v) is 3.57. The van der Waals surface area contributed by atoms with Crippen LogP contribution in [0, 0.1) is 13.8 Å². The highest BCUT2D eigenvalue weighted by Gasteiger charge is 2.29. The van der Waals surface area contributed by atoms with Crippen molar-refractivity contribution in [3.05, 3.63) is 22.6 Å². The molecule has 2 rings (SSSR count). The van der Waals surface area contributed by atoms with Gasteiger partial charge in [-0.25, -0.2) is 0 Å². The van der Waals surface area contributed by atoms with Crippen molar-refractivity contribution in [1.29, 1.82) is 0 Å². The van der Waals surface area contributed by atoms with E-state index in [0.29, 0.717) is 17.7 Å². The van der Waals surface area contributed by atoms with E-state index in [1.807, 2.05) is 13.8 Å². The molecule has 0 saturated carbocycles. The Bertz CT molecular complexity index is 362. The molecular weight excluding hydrogens is 168 g/mol. The molecule has 1 aliphatic rings. The predicted molar refractivity (Wildman–Crippen MR) is 46.8 cm³/mol. The van der Waals surface area contributed by atoms with Gasteiger partial charge in [0.2, 0.25) is 0 Å². The molecule has 0 aliphatic heterocycles. The highest BCUT2D eigenvalue weighted by molar-refractivity contribution is 5.99. The van der Waals surface area contributed by atoms with Crippen molar-refractivity contribution in [1.82, 2.24) is 0 Å². The average molecular weight is 180 g/mol. The highest BCUT2D eigenvalue weighted by Crippen LogP contribution is 2.28. The molecule has 1 aromatic rings. The van der Waals surface area contributed by atoms with Crippen LogP contribution >= 0.6 is 0 Å². The lowest BCUT2D eigenvalue weighted by Gasteiger charge is -2.14. The molecule has 0 aromatic carbocycles. The monoisotopic (exact) mass is 180 g/mol. The molecule has 1 unspecified atom stereocenters. The van der Waals surface area contributed by atoms with Gasteiger partial charge < -0.3 is 9.52 Å². The summed E-state index contributed by atoms with van der Waals surface area (Å²) in [5, 5.41) is 9.35. The Morgan fingerprint density at radius 3 is 2.77 bits per heavy atom. The molecule has 0 spiro atoms. The van der Waals surface area contributed by atoms with Crippen LogP contribution in [0.15, 0.2) is 4.42 Å². The zero-order chi connectivity index (χ0) is 9.59. The van der Waals surface area contributed by atoms with Gasteiger partial charge in [-0.05, 0) is 13.8 Å². The fourth-order valence-corrected chi connectivity index (χ4v) is 1.81. The number of Topliss-reactive ketones (excluding diaryl/α,β-unsaturated/α-hetero) is 1. The number of hydrogen-bond acceptors (Lipinski definition) is 3. The van der Waals surface area contributed by atoms with E-state index in [0.717, 1.165) is 11.3 Å². The number of furan rings is 1. The summed E-state index contributed by atoms with van der Waals surface area (Å²) in [4.78, 5) is 11.5. The smallest absolute Gasteiger partial charge is 0.169 e. The number of aliphatic hydroxyl groups excluding tert-OH is 1. The van der Waals surface area contributed by atoms with Crippen molar-refractivity contribution in [2.45, 2.75) is 32.8 Å². The Balaban J connectivity index is 2.55. The third-order valence-corrected chi connectivity index (χ3v) is 2.58. The fraction of sp³-hybridized carbons (Fsp3) is 0.500. The molecule has 1 aliphatic carbocycles. The first kappa shape index (κ1) is 8.51. The Morgan fingerprint density at radius 1 is 1.38 bits per heavy atom. The lowest BCUT2D eigenvalue weighted by Crippen LogP contribution is -2.23. The summed E-state index contributed by atoms with van der Waals surface area (Å²) in [5.41, 5.74) is 1.62. The van der Waals surface area contributed by atoms with E-state index in [4.69, 9.17) is 4.42 Å². The topological polar surface area (TPSA) is 50.4 Å². The van der Waals surface area contributed by atoms with Gasteiger partial charge in [0.25, 0.3) is 0 Å². The third-order valence-electron chi connectivity index (χ3n) is 2.58. The molecule has 1 N–H and O–H groups in total. The largest absolute Gasteiger partial charge is 0.465 e. The molecule has 0 radical (unpaired) electrons. The quantitative estimate of drug-likeness (QED) is 0.656. The molecule has 0 bridgehead atoms. The zero-order valence-electron chi connectivity index (χ0n) is 7.76. The number of ketones is 1. The van der Waals surface area contributed by atoms with Crippen LogP contribution in [0.4, 0.5) is 0 Å². The summed E-state index contributed by atoms with van der Waals surface area (Å²) < 4.78 is 5.40. The van der Waals surface area contributed by atoms with E-state index in [9.17, 15) is 9.90 Å². The lowest BCUT2D eigenvalue weighted by molar-refractivity contribution is 0.0837. The summed E-state index contributed by atoms with van der Waals surface area (Å²) in [7, 11) is 0. The van der Waals surface area contributed by atoms with Crippen LogP contribution in [-0.4, -0.2) is 17.0 Å². The maximum Gasteiger partial charge on any atom is 0.169 e. The summed E-state index contributed by atoms with van der Waals surface area (Å²) >= 11 is 0. The molecule has 0 fully saturated rings. The van der Waals surface area contributed by atoms with Gasteiger partial charge in [-0.3, -0.25) is 4.79 Å². The number of carbonyl (C=O) groups excluding carboxylic acids is 1. The second kappa shape index (κ2) is 2.70. The normalized spacial score (nSPS) is 21.8. The highest BCUT2D eigenvalue weighted by atomic mass is 16.3. The maximum atomic E-state index is 11.5. The fourth-order valence-electron chi connectivity index (χ4n) is 1.81. The van der Waals surface area contributed by atoms with Crippen LogP contribution in [0.1, 0.15) is 33.9 Å². The number of rotatable bonds is 0. The Labute approximate surface area is 76.4 Å². The molecule has 0 amide bonds. The van der Waals surface area contributed by atoms with Crippen LogP contribution in [0.25, 0.3) is 0 Å². The first-order valence-electron chi connectivity index (χ1n) is 4.39. The summed E-state index contributed by atoms with van der Waals surface area (Å²) in [6.45, 7) is 3.72. The van der Waals surface area contributed by atoms with Gasteiger partial charge in [-0.15, -0.1) is 0 Å². The van der Waals surface area contributed by atoms with Crippen molar-refractivity contribution in [2.75, 3.05) is 0 Å². The van der Waals surface area contributed by atoms with Gasteiger partial charge in [0.05, 0.1) is 11.7 Å². The van der Waals surface area contributed by atoms with Crippen molar-refractivity contribution in [3.63, 3.8) is 0 Å². The van der Waals surface area contributed by atoms with E-state index in [2.05, 4.69) is 0 Å². The van der Waals surface area contributed by atoms with E-state index in [1.54, 1.807) is 0 Å². The van der Waals surface area contributed by atoms with Crippen molar-refractivity contribution < 1.29 is 14.3 Å². The summed E-state index contributed by atoms with van der Waals surface area (Å²) in [6.07, 6.45) is 0.132. The Kier molecular flexibility index (Phi) is 1.77. The second-order valence-electron chi connectivity index (χ2n) is 3.57. The first-order chi connectivity index (χ1) is 6.09. The van der Waals surface area contributed by atoms with Gasteiger partial charge >= 0.3 is 0 Å². The Morgan fingerprint density at radius 2 is 2.08 bits per heavy atom. The number of aryl methyl sites for hydroxylation is 1. The van der Waals surface area contributed by atoms with Gasteiger partial charge in [0.1, 0.15) is 11.5 Å². The first-order valence-corrected chi connectivity index (χ1v) is 4.39. The third kappa shape index (κ3) is 1.20. The standard InChI is InChI=1S/C10H12O3/c1-5-6(2)13-9-4-7(11)3-8(12)10(5)9/h7,11H,3-4H2,1-2H3. The average Bonchev–Trinajstić information content (AvgIpc) is 2.27. The minimum absolute atomic E-state index is 0.00287. The van der Waals surface area contributed by atoms with Crippen LogP contribution in [0.5, 0.6) is 0 Å². The minimum Gasteiger partial charge on any atom is -0.465 e. The van der Waals surface area contributed by atoms with E-state index in [-0.39, 0.29) is 12.2 Å². The maximum absolute atomic E-state index is 11.5. The van der Waals surface area contributed by atoms with Crippen molar-refractivity contribution >= 4 is 5.78 Å². The number of aliphatic hydroxyl groups is 1. The molecule has 1 heterocycles. The molecule has 3 nitrogen and oxygen atoms in total. The molecule has 0 saturated heterocycles. The van der Waals surface area contributed by atoms with Gasteiger partial charge in [0.15, 0.2) is 5.78 Å². The molecule has 1 atom stereocenters. The molecule has 1 aromatic heterocycles. The molecular formula is C10H12O3. The lowest BCUT2D eigenvalue weighted by atomic mass is 9.92. The predicted octanol–water partition coefficient (Wildman–Crippen LogP) is 1.39. The molecule has 3 heteroatoms. The zero-order valence-corrected chi connectivity index (χ0v) is 7.76. The number of fused-ring (bicyclic) bond motifs is 1. The molecule has 70 valence electrons. The summed E-state index contributed by atoms with van der Waals surface area (Å²) in [5.74, 6) is 1.44. The van der Waals surface area contributed by atoms with E-state index >= 15 is 0 Å². The van der Waals surface area contributed by atoms with E-state index < -0.39 is 6.10 Å². The number of hydrogen-bond donors (Lipinski definition) is 1. The van der Waals surface area contributed by atoms with Gasteiger partial charge in [0, 0.05) is 18.4 Å². The van der Waals surface area contributed by atoms with Gasteiger partial charge in [-0.1, -0.05) is 0 Å². The number of carbonyl (C=O) groups is 1.